The lowest BCUT2D eigenvalue weighted by atomic mass is 10.1. The van der Waals surface area contributed by atoms with Gasteiger partial charge in [-0.25, -0.2) is 9.78 Å². The fourth-order valence-corrected chi connectivity index (χ4v) is 1.32. The number of aromatic nitrogens is 1. The normalized spacial score (nSPS) is 10.7. The molecular formula is C10H13NO4. The summed E-state index contributed by atoms with van der Waals surface area (Å²) in [5.74, 6) is -1.04. The van der Waals surface area contributed by atoms with E-state index in [1.807, 2.05) is 0 Å². The van der Waals surface area contributed by atoms with Gasteiger partial charge < -0.3 is 14.6 Å². The van der Waals surface area contributed by atoms with Gasteiger partial charge in [0.2, 0.25) is 0 Å². The van der Waals surface area contributed by atoms with Gasteiger partial charge in [0.1, 0.15) is 0 Å². The van der Waals surface area contributed by atoms with Gasteiger partial charge in [-0.1, -0.05) is 0 Å². The number of pyridine rings is 1. The van der Waals surface area contributed by atoms with E-state index in [2.05, 4.69) is 4.98 Å². The standard InChI is InChI=1S/C10H13NO4/c1-6-4-7(10(14-2)15-3)5-11-8(6)9(12)13/h4-5,10H,1-3H3,(H,12,13). The Hall–Kier alpha value is -1.46. The zero-order valence-electron chi connectivity index (χ0n) is 8.85. The van der Waals surface area contributed by atoms with Crippen LogP contribution in [0.15, 0.2) is 12.3 Å². The zero-order chi connectivity index (χ0) is 11.4. The molecule has 0 aliphatic carbocycles. The molecule has 5 nitrogen and oxygen atoms in total. The molecule has 0 unspecified atom stereocenters. The Morgan fingerprint density at radius 2 is 2.07 bits per heavy atom. The molecule has 0 fully saturated rings. The number of methoxy groups -OCH3 is 2. The molecule has 0 aromatic carbocycles. The summed E-state index contributed by atoms with van der Waals surface area (Å²) in [6, 6.07) is 1.69. The van der Waals surface area contributed by atoms with E-state index in [-0.39, 0.29) is 5.69 Å². The fourth-order valence-electron chi connectivity index (χ4n) is 1.32. The van der Waals surface area contributed by atoms with Gasteiger partial charge in [0.15, 0.2) is 12.0 Å². The average Bonchev–Trinajstić information content (AvgIpc) is 2.19. The Morgan fingerprint density at radius 1 is 1.47 bits per heavy atom. The molecule has 1 aromatic heterocycles. The SMILES string of the molecule is COC(OC)c1cnc(C(=O)O)c(C)c1. The summed E-state index contributed by atoms with van der Waals surface area (Å²) < 4.78 is 10.1. The van der Waals surface area contributed by atoms with Crippen molar-refractivity contribution in [2.75, 3.05) is 14.2 Å². The Labute approximate surface area is 87.7 Å². The quantitative estimate of drug-likeness (QED) is 0.762. The molecule has 0 aliphatic heterocycles. The monoisotopic (exact) mass is 211 g/mol. The lowest BCUT2D eigenvalue weighted by Crippen LogP contribution is -2.08. The first-order valence-corrected chi connectivity index (χ1v) is 4.35. The minimum Gasteiger partial charge on any atom is -0.477 e. The van der Waals surface area contributed by atoms with Crippen molar-refractivity contribution in [3.63, 3.8) is 0 Å². The van der Waals surface area contributed by atoms with Crippen LogP contribution in [0.3, 0.4) is 0 Å². The first kappa shape index (κ1) is 11.6. The average molecular weight is 211 g/mol. The molecule has 5 heteroatoms. The van der Waals surface area contributed by atoms with E-state index < -0.39 is 12.3 Å². The number of carboxylic acid groups (broad SMARTS) is 1. The third-order valence-electron chi connectivity index (χ3n) is 2.00. The van der Waals surface area contributed by atoms with Crippen molar-refractivity contribution in [3.8, 4) is 0 Å². The third-order valence-corrected chi connectivity index (χ3v) is 2.00. The Kier molecular flexibility index (Phi) is 3.76. The maximum Gasteiger partial charge on any atom is 0.354 e. The summed E-state index contributed by atoms with van der Waals surface area (Å²) in [7, 11) is 3.02. The van der Waals surface area contributed by atoms with Crippen LogP contribution in [-0.2, 0) is 9.47 Å². The molecule has 0 saturated heterocycles. The summed E-state index contributed by atoms with van der Waals surface area (Å²) >= 11 is 0. The number of hydrogen-bond donors (Lipinski definition) is 1. The Balaban J connectivity index is 3.05. The maximum atomic E-state index is 10.7. The van der Waals surface area contributed by atoms with Gasteiger partial charge in [0.25, 0.3) is 0 Å². The third kappa shape index (κ3) is 2.51. The first-order chi connectivity index (χ1) is 7.10. The largest absolute Gasteiger partial charge is 0.477 e. The van der Waals surface area contributed by atoms with Crippen LogP contribution in [-0.4, -0.2) is 30.3 Å². The molecule has 0 saturated carbocycles. The Morgan fingerprint density at radius 3 is 2.47 bits per heavy atom. The number of ether oxygens (including phenoxy) is 2. The van der Waals surface area contributed by atoms with Crippen molar-refractivity contribution >= 4 is 5.97 Å². The summed E-state index contributed by atoms with van der Waals surface area (Å²) in [6.45, 7) is 1.68. The molecule has 15 heavy (non-hydrogen) atoms. The zero-order valence-corrected chi connectivity index (χ0v) is 8.85. The number of aryl methyl sites for hydroxylation is 1. The molecule has 1 N–H and O–H groups in total. The maximum absolute atomic E-state index is 10.7. The topological polar surface area (TPSA) is 68.7 Å². The van der Waals surface area contributed by atoms with Gasteiger partial charge in [-0.15, -0.1) is 0 Å². The van der Waals surface area contributed by atoms with Crippen molar-refractivity contribution < 1.29 is 19.4 Å². The first-order valence-electron chi connectivity index (χ1n) is 4.35. The van der Waals surface area contributed by atoms with E-state index in [4.69, 9.17) is 14.6 Å². The van der Waals surface area contributed by atoms with Gasteiger partial charge in [0, 0.05) is 26.0 Å². The van der Waals surface area contributed by atoms with Crippen LogP contribution in [0.1, 0.15) is 27.9 Å². The number of nitrogens with zero attached hydrogens (tertiary/aromatic N) is 1. The molecule has 1 heterocycles. The molecule has 0 bridgehead atoms. The van der Waals surface area contributed by atoms with E-state index >= 15 is 0 Å². The predicted octanol–water partition coefficient (Wildman–Crippen LogP) is 1.38. The minimum atomic E-state index is -1.04. The predicted molar refractivity (Wildman–Crippen MR) is 52.7 cm³/mol. The summed E-state index contributed by atoms with van der Waals surface area (Å²) in [6.07, 6.45) is 0.924. The Bertz CT molecular complexity index is 360. The summed E-state index contributed by atoms with van der Waals surface area (Å²) in [4.78, 5) is 14.6. The van der Waals surface area contributed by atoms with Crippen LogP contribution < -0.4 is 0 Å². The molecule has 0 spiro atoms. The second-order valence-electron chi connectivity index (χ2n) is 3.04. The van der Waals surface area contributed by atoms with Crippen LogP contribution in [0.25, 0.3) is 0 Å². The number of hydrogen-bond acceptors (Lipinski definition) is 4. The van der Waals surface area contributed by atoms with E-state index in [1.165, 1.54) is 20.4 Å². The van der Waals surface area contributed by atoms with E-state index in [1.54, 1.807) is 13.0 Å². The van der Waals surface area contributed by atoms with Crippen LogP contribution >= 0.6 is 0 Å². The number of rotatable bonds is 4. The highest BCUT2D eigenvalue weighted by molar-refractivity contribution is 5.86. The molecule has 1 rings (SSSR count). The molecule has 82 valence electrons. The van der Waals surface area contributed by atoms with Crippen LogP contribution in [0, 0.1) is 6.92 Å². The highest BCUT2D eigenvalue weighted by Gasteiger charge is 2.14. The van der Waals surface area contributed by atoms with Gasteiger partial charge in [-0.3, -0.25) is 0 Å². The smallest absolute Gasteiger partial charge is 0.354 e. The molecular weight excluding hydrogens is 198 g/mol. The molecule has 1 aromatic rings. The summed E-state index contributed by atoms with van der Waals surface area (Å²) in [5.41, 5.74) is 1.33. The molecule has 0 atom stereocenters. The second kappa shape index (κ2) is 4.86. The molecule has 0 radical (unpaired) electrons. The van der Waals surface area contributed by atoms with Crippen molar-refractivity contribution in [2.45, 2.75) is 13.2 Å². The van der Waals surface area contributed by atoms with Gasteiger partial charge in [-0.05, 0) is 18.6 Å². The number of carbonyl (C=O) groups is 1. The van der Waals surface area contributed by atoms with Crippen molar-refractivity contribution in [3.05, 3.63) is 29.1 Å². The van der Waals surface area contributed by atoms with Crippen molar-refractivity contribution in [1.29, 1.82) is 0 Å². The van der Waals surface area contributed by atoms with Crippen LogP contribution in [0.5, 0.6) is 0 Å². The van der Waals surface area contributed by atoms with Crippen molar-refractivity contribution in [2.24, 2.45) is 0 Å². The minimum absolute atomic E-state index is 0.0460. The highest BCUT2D eigenvalue weighted by Crippen LogP contribution is 2.18. The van der Waals surface area contributed by atoms with Gasteiger partial charge >= 0.3 is 5.97 Å². The van der Waals surface area contributed by atoms with Crippen LogP contribution in [0.2, 0.25) is 0 Å². The lowest BCUT2D eigenvalue weighted by molar-refractivity contribution is -0.106. The van der Waals surface area contributed by atoms with Gasteiger partial charge in [-0.2, -0.15) is 0 Å². The van der Waals surface area contributed by atoms with Crippen molar-refractivity contribution in [1.82, 2.24) is 4.98 Å². The number of carboxylic acids is 1. The van der Waals surface area contributed by atoms with E-state index in [0.717, 1.165) is 0 Å². The molecule has 0 amide bonds. The van der Waals surface area contributed by atoms with E-state index in [9.17, 15) is 4.79 Å². The fraction of sp³-hybridized carbons (Fsp3) is 0.400. The molecule has 0 aliphatic rings. The number of aromatic carboxylic acids is 1. The summed E-state index contributed by atoms with van der Waals surface area (Å²) in [5, 5.41) is 8.78. The van der Waals surface area contributed by atoms with E-state index in [0.29, 0.717) is 11.1 Å². The highest BCUT2D eigenvalue weighted by atomic mass is 16.7. The van der Waals surface area contributed by atoms with Gasteiger partial charge in [0.05, 0.1) is 0 Å². The lowest BCUT2D eigenvalue weighted by Gasteiger charge is -2.14. The second-order valence-corrected chi connectivity index (χ2v) is 3.04. The van der Waals surface area contributed by atoms with Crippen LogP contribution in [0.4, 0.5) is 0 Å².